The van der Waals surface area contributed by atoms with Crippen molar-refractivity contribution in [2.45, 2.75) is 66.8 Å². The van der Waals surface area contributed by atoms with Crippen LogP contribution in [0.15, 0.2) is 24.3 Å². The van der Waals surface area contributed by atoms with E-state index in [1.807, 2.05) is 65.8 Å². The molecular weight excluding hydrogens is 380 g/mol. The fourth-order valence-corrected chi connectivity index (χ4v) is 3.65. The molecule has 0 fully saturated rings. The monoisotopic (exact) mass is 418 g/mol. The molecule has 0 aliphatic heterocycles. The molecule has 6 heteroatoms. The van der Waals surface area contributed by atoms with Gasteiger partial charge in [-0.05, 0) is 30.2 Å². The van der Waals surface area contributed by atoms with E-state index in [-0.39, 0.29) is 48.3 Å². The zero-order valence-corrected chi connectivity index (χ0v) is 19.2. The van der Waals surface area contributed by atoms with Gasteiger partial charge in [-0.15, -0.1) is 0 Å². The van der Waals surface area contributed by atoms with Gasteiger partial charge in [-0.1, -0.05) is 64.4 Å². The van der Waals surface area contributed by atoms with Gasteiger partial charge in [-0.25, -0.2) is 4.79 Å². The van der Waals surface area contributed by atoms with Crippen molar-refractivity contribution >= 4 is 17.7 Å². The van der Waals surface area contributed by atoms with Gasteiger partial charge in [0.05, 0.1) is 0 Å². The van der Waals surface area contributed by atoms with Crippen LogP contribution in [0.3, 0.4) is 0 Å². The molecular formula is C24H38N2O4. The number of carboxylic acids is 1. The van der Waals surface area contributed by atoms with Crippen LogP contribution in [0.4, 0.5) is 0 Å². The van der Waals surface area contributed by atoms with Gasteiger partial charge in [0.1, 0.15) is 11.8 Å². The third-order valence-corrected chi connectivity index (χ3v) is 5.42. The summed E-state index contributed by atoms with van der Waals surface area (Å²) in [6, 6.07) is 6.51. The number of Topliss-reactive ketones (excluding diaryl/α,β-unsaturated/α-hetero) is 1. The first kappa shape index (κ1) is 25.8. The number of amides is 1. The third kappa shape index (κ3) is 8.27. The largest absolute Gasteiger partial charge is 0.480 e. The van der Waals surface area contributed by atoms with Crippen LogP contribution in [-0.2, 0) is 20.8 Å². The second-order valence-electron chi connectivity index (χ2n) is 9.74. The minimum Gasteiger partial charge on any atom is -0.480 e. The Morgan fingerprint density at radius 3 is 2.10 bits per heavy atom. The minimum absolute atomic E-state index is 0.0452. The molecule has 0 aliphatic carbocycles. The van der Waals surface area contributed by atoms with Gasteiger partial charge in [0.2, 0.25) is 5.91 Å². The van der Waals surface area contributed by atoms with Crippen LogP contribution < -0.4 is 11.1 Å². The number of aliphatic carboxylic acids is 1. The molecule has 168 valence electrons. The summed E-state index contributed by atoms with van der Waals surface area (Å²) in [6.45, 7) is 12.0. The van der Waals surface area contributed by atoms with Crippen LogP contribution in [0.2, 0.25) is 0 Å². The number of carbonyl (C=O) groups is 3. The van der Waals surface area contributed by atoms with E-state index in [0.717, 1.165) is 11.1 Å². The Kier molecular flexibility index (Phi) is 9.69. The lowest BCUT2D eigenvalue weighted by atomic mass is 9.75. The van der Waals surface area contributed by atoms with Crippen LogP contribution in [0.1, 0.15) is 58.6 Å². The number of hydrogen-bond acceptors (Lipinski definition) is 4. The van der Waals surface area contributed by atoms with Crippen molar-refractivity contribution in [2.75, 3.05) is 6.54 Å². The maximum atomic E-state index is 13.0. The lowest BCUT2D eigenvalue weighted by molar-refractivity contribution is -0.142. The Hall–Kier alpha value is -2.21. The summed E-state index contributed by atoms with van der Waals surface area (Å²) in [7, 11) is 0. The molecule has 3 unspecified atom stereocenters. The molecule has 1 aromatic rings. The lowest BCUT2D eigenvalue weighted by Crippen LogP contribution is -2.46. The number of carbonyl (C=O) groups excluding carboxylic acids is 2. The van der Waals surface area contributed by atoms with E-state index in [1.54, 1.807) is 0 Å². The van der Waals surface area contributed by atoms with Gasteiger partial charge in [0.15, 0.2) is 0 Å². The molecule has 0 bridgehead atoms. The second-order valence-corrected chi connectivity index (χ2v) is 9.74. The Bertz CT molecular complexity index is 720. The van der Waals surface area contributed by atoms with E-state index >= 15 is 0 Å². The van der Waals surface area contributed by atoms with Crippen molar-refractivity contribution in [1.29, 1.82) is 0 Å². The van der Waals surface area contributed by atoms with Crippen molar-refractivity contribution in [3.63, 3.8) is 0 Å². The molecule has 1 rings (SSSR count). The summed E-state index contributed by atoms with van der Waals surface area (Å²) in [5, 5.41) is 12.3. The van der Waals surface area contributed by atoms with Crippen LogP contribution in [0, 0.1) is 30.1 Å². The van der Waals surface area contributed by atoms with Crippen LogP contribution in [0.5, 0.6) is 0 Å². The first-order valence-corrected chi connectivity index (χ1v) is 10.7. The zero-order chi connectivity index (χ0) is 23.1. The third-order valence-electron chi connectivity index (χ3n) is 5.42. The molecule has 0 heterocycles. The second kappa shape index (κ2) is 11.3. The number of aryl methyl sites for hydroxylation is 1. The quantitative estimate of drug-likeness (QED) is 0.510. The summed E-state index contributed by atoms with van der Waals surface area (Å²) in [6.07, 6.45) is 0.771. The summed E-state index contributed by atoms with van der Waals surface area (Å²) < 4.78 is 0. The molecule has 0 aromatic heterocycles. The smallest absolute Gasteiger partial charge is 0.326 e. The average Bonchev–Trinajstić information content (AvgIpc) is 2.61. The molecule has 30 heavy (non-hydrogen) atoms. The maximum absolute atomic E-state index is 13.0. The first-order valence-electron chi connectivity index (χ1n) is 10.7. The van der Waals surface area contributed by atoms with E-state index in [1.165, 1.54) is 0 Å². The molecule has 0 spiro atoms. The number of hydrogen-bond donors (Lipinski definition) is 3. The number of nitrogens with one attached hydrogen (secondary N) is 1. The van der Waals surface area contributed by atoms with Crippen LogP contribution >= 0.6 is 0 Å². The van der Waals surface area contributed by atoms with Gasteiger partial charge < -0.3 is 16.2 Å². The van der Waals surface area contributed by atoms with E-state index < -0.39 is 17.9 Å². The van der Waals surface area contributed by atoms with Crippen LogP contribution in [-0.4, -0.2) is 35.4 Å². The summed E-state index contributed by atoms with van der Waals surface area (Å²) in [4.78, 5) is 37.6. The highest BCUT2D eigenvalue weighted by molar-refractivity contribution is 5.90. The fourth-order valence-electron chi connectivity index (χ4n) is 3.65. The zero-order valence-electron chi connectivity index (χ0n) is 19.2. The van der Waals surface area contributed by atoms with Crippen molar-refractivity contribution in [3.8, 4) is 0 Å². The van der Waals surface area contributed by atoms with E-state index in [0.29, 0.717) is 6.42 Å². The summed E-state index contributed by atoms with van der Waals surface area (Å²) in [5.41, 5.74) is 7.45. The predicted molar refractivity (Wildman–Crippen MR) is 119 cm³/mol. The SMILES string of the molecule is Cc1ccc(CC(NC(=O)C(CC(=O)C(CN)C(C)(C)C)CC(C)C)C(=O)O)cc1. The van der Waals surface area contributed by atoms with E-state index in [4.69, 9.17) is 5.73 Å². The van der Waals surface area contributed by atoms with E-state index in [9.17, 15) is 19.5 Å². The number of benzene rings is 1. The number of nitrogens with two attached hydrogens (primary N) is 1. The first-order chi connectivity index (χ1) is 13.8. The normalized spacial score (nSPS) is 14.8. The highest BCUT2D eigenvalue weighted by Crippen LogP contribution is 2.29. The van der Waals surface area contributed by atoms with Crippen molar-refractivity contribution < 1.29 is 19.5 Å². The molecule has 6 nitrogen and oxygen atoms in total. The summed E-state index contributed by atoms with van der Waals surface area (Å²) in [5.74, 6) is -2.25. The molecule has 0 saturated carbocycles. The minimum atomic E-state index is -1.09. The van der Waals surface area contributed by atoms with Crippen LogP contribution in [0.25, 0.3) is 0 Å². The standard InChI is InChI=1S/C24H38N2O4/c1-15(2)11-18(13-21(27)19(14-25)24(4,5)6)22(28)26-20(23(29)30)12-17-9-7-16(3)8-10-17/h7-10,15,18-20H,11-14,25H2,1-6H3,(H,26,28)(H,29,30). The molecule has 0 radical (unpaired) electrons. The number of rotatable bonds is 11. The van der Waals surface area contributed by atoms with Gasteiger partial charge >= 0.3 is 5.97 Å². The maximum Gasteiger partial charge on any atom is 0.326 e. The Balaban J connectivity index is 2.95. The highest BCUT2D eigenvalue weighted by atomic mass is 16.4. The van der Waals surface area contributed by atoms with Crippen molar-refractivity contribution in [1.82, 2.24) is 5.32 Å². The summed E-state index contributed by atoms with van der Waals surface area (Å²) >= 11 is 0. The molecule has 0 saturated heterocycles. The van der Waals surface area contributed by atoms with Gasteiger partial charge in [-0.3, -0.25) is 9.59 Å². The lowest BCUT2D eigenvalue weighted by Gasteiger charge is -2.30. The van der Waals surface area contributed by atoms with Crippen molar-refractivity contribution in [2.24, 2.45) is 28.9 Å². The molecule has 4 N–H and O–H groups in total. The molecule has 1 aromatic carbocycles. The molecule has 1 amide bonds. The predicted octanol–water partition coefficient (Wildman–Crippen LogP) is 3.35. The Labute approximate surface area is 180 Å². The Morgan fingerprint density at radius 2 is 1.67 bits per heavy atom. The van der Waals surface area contributed by atoms with Gasteiger partial charge in [-0.2, -0.15) is 0 Å². The van der Waals surface area contributed by atoms with Gasteiger partial charge in [0, 0.05) is 31.2 Å². The molecule has 3 atom stereocenters. The average molecular weight is 419 g/mol. The fraction of sp³-hybridized carbons (Fsp3) is 0.625. The van der Waals surface area contributed by atoms with E-state index in [2.05, 4.69) is 5.32 Å². The molecule has 0 aliphatic rings. The van der Waals surface area contributed by atoms with Gasteiger partial charge in [0.25, 0.3) is 0 Å². The topological polar surface area (TPSA) is 109 Å². The highest BCUT2D eigenvalue weighted by Gasteiger charge is 2.34. The number of ketones is 1. The number of carboxylic acid groups (broad SMARTS) is 1. The Morgan fingerprint density at radius 1 is 1.10 bits per heavy atom. The van der Waals surface area contributed by atoms with Crippen molar-refractivity contribution in [3.05, 3.63) is 35.4 Å².